The number of carboxylic acids is 1. The molecule has 0 spiro atoms. The molecule has 19 heavy (non-hydrogen) atoms. The quantitative estimate of drug-likeness (QED) is 0.909. The average molecular weight is 278 g/mol. The summed E-state index contributed by atoms with van der Waals surface area (Å²) in [6.45, 7) is -0.0746. The molecule has 100 valence electrons. The molecule has 0 radical (unpaired) electrons. The molecule has 4 nitrogen and oxygen atoms in total. The first-order chi connectivity index (χ1) is 9.13. The number of methoxy groups -OCH3 is 1. The van der Waals surface area contributed by atoms with Crippen LogP contribution in [0, 0.1) is 0 Å². The van der Waals surface area contributed by atoms with Crippen molar-refractivity contribution < 1.29 is 18.8 Å². The van der Waals surface area contributed by atoms with Crippen LogP contribution < -0.4 is 0 Å². The van der Waals surface area contributed by atoms with Gasteiger partial charge in [0, 0.05) is 12.0 Å². The molecule has 2 unspecified atom stereocenters. The van der Waals surface area contributed by atoms with Crippen molar-refractivity contribution in [3.05, 3.63) is 42.5 Å². The second-order valence-electron chi connectivity index (χ2n) is 4.09. The number of carbonyl (C=O) groups is 1. The monoisotopic (exact) mass is 278 g/mol. The van der Waals surface area contributed by atoms with Gasteiger partial charge < -0.3 is 9.84 Å². The molecule has 0 aliphatic heterocycles. The van der Waals surface area contributed by atoms with Crippen LogP contribution in [-0.4, -0.2) is 34.3 Å². The van der Waals surface area contributed by atoms with E-state index in [9.17, 15) is 9.00 Å². The molecule has 0 bridgehead atoms. The Labute approximate surface area is 113 Å². The van der Waals surface area contributed by atoms with E-state index in [0.717, 1.165) is 10.8 Å². The zero-order valence-corrected chi connectivity index (χ0v) is 11.2. The minimum atomic E-state index is -1.63. The highest BCUT2D eigenvalue weighted by molar-refractivity contribution is 7.86. The molecule has 0 aliphatic rings. The highest BCUT2D eigenvalue weighted by atomic mass is 32.2. The molecule has 2 atom stereocenters. The molecular weight excluding hydrogens is 264 g/mol. The Bertz CT molecular complexity index is 624. The van der Waals surface area contributed by atoms with Gasteiger partial charge in [-0.25, -0.2) is 0 Å². The van der Waals surface area contributed by atoms with Gasteiger partial charge in [0.1, 0.15) is 0 Å². The van der Waals surface area contributed by atoms with Crippen molar-refractivity contribution in [3.63, 3.8) is 0 Å². The number of aliphatic carboxylic acids is 1. The molecule has 0 saturated heterocycles. The fourth-order valence-corrected chi connectivity index (χ4v) is 3.05. The summed E-state index contributed by atoms with van der Waals surface area (Å²) in [5.74, 6) is -1.12. The maximum atomic E-state index is 12.3. The normalized spacial score (nSPS) is 14.2. The van der Waals surface area contributed by atoms with Gasteiger partial charge in [0.2, 0.25) is 0 Å². The summed E-state index contributed by atoms with van der Waals surface area (Å²) in [7, 11) is -0.235. The highest BCUT2D eigenvalue weighted by Crippen LogP contribution is 2.20. The number of fused-ring (bicyclic) bond motifs is 1. The smallest absolute Gasteiger partial charge is 0.322 e. The number of hydrogen-bond acceptors (Lipinski definition) is 3. The lowest BCUT2D eigenvalue weighted by atomic mass is 10.1. The third-order valence-corrected chi connectivity index (χ3v) is 4.38. The first-order valence-electron chi connectivity index (χ1n) is 5.74. The van der Waals surface area contributed by atoms with Gasteiger partial charge >= 0.3 is 5.97 Å². The maximum Gasteiger partial charge on any atom is 0.322 e. The van der Waals surface area contributed by atoms with Crippen LogP contribution in [0.4, 0.5) is 0 Å². The number of carboxylic acid groups (broad SMARTS) is 1. The first kappa shape index (κ1) is 13.7. The number of benzene rings is 2. The van der Waals surface area contributed by atoms with Crippen molar-refractivity contribution in [3.8, 4) is 0 Å². The van der Waals surface area contributed by atoms with Crippen molar-refractivity contribution in [2.75, 3.05) is 13.7 Å². The van der Waals surface area contributed by atoms with E-state index in [1.54, 1.807) is 12.1 Å². The van der Waals surface area contributed by atoms with Gasteiger partial charge in [-0.15, -0.1) is 0 Å². The van der Waals surface area contributed by atoms with E-state index >= 15 is 0 Å². The van der Waals surface area contributed by atoms with Crippen LogP contribution in [0.15, 0.2) is 47.4 Å². The highest BCUT2D eigenvalue weighted by Gasteiger charge is 2.26. The molecule has 0 aliphatic carbocycles. The third-order valence-electron chi connectivity index (χ3n) is 2.81. The zero-order chi connectivity index (χ0) is 13.8. The van der Waals surface area contributed by atoms with Crippen molar-refractivity contribution in [1.29, 1.82) is 0 Å². The Hall–Kier alpha value is -1.72. The predicted molar refractivity (Wildman–Crippen MR) is 73.7 cm³/mol. The van der Waals surface area contributed by atoms with Crippen LogP contribution >= 0.6 is 0 Å². The summed E-state index contributed by atoms with van der Waals surface area (Å²) in [5, 5.41) is 10.00. The van der Waals surface area contributed by atoms with Crippen molar-refractivity contribution >= 4 is 27.5 Å². The van der Waals surface area contributed by atoms with Gasteiger partial charge in [-0.05, 0) is 22.9 Å². The van der Waals surface area contributed by atoms with Crippen LogP contribution in [0.25, 0.3) is 10.8 Å². The molecule has 1 N–H and O–H groups in total. The number of ether oxygens (including phenoxy) is 1. The second kappa shape index (κ2) is 5.95. The SMILES string of the molecule is COCC(C(=O)O)S(=O)c1ccc2ccccc2c1. The van der Waals surface area contributed by atoms with E-state index in [-0.39, 0.29) is 6.61 Å². The van der Waals surface area contributed by atoms with E-state index in [4.69, 9.17) is 9.84 Å². The lowest BCUT2D eigenvalue weighted by molar-refractivity contribution is -0.137. The molecule has 0 amide bonds. The van der Waals surface area contributed by atoms with Gasteiger partial charge in [0.05, 0.1) is 17.4 Å². The summed E-state index contributed by atoms with van der Waals surface area (Å²) in [4.78, 5) is 11.6. The summed E-state index contributed by atoms with van der Waals surface area (Å²) < 4.78 is 17.1. The first-order valence-corrected chi connectivity index (χ1v) is 6.96. The Morgan fingerprint density at radius 2 is 1.95 bits per heavy atom. The Morgan fingerprint density at radius 1 is 1.26 bits per heavy atom. The van der Waals surface area contributed by atoms with Gasteiger partial charge in [0.15, 0.2) is 5.25 Å². The fraction of sp³-hybridized carbons (Fsp3) is 0.214. The van der Waals surface area contributed by atoms with Gasteiger partial charge in [-0.2, -0.15) is 0 Å². The zero-order valence-electron chi connectivity index (χ0n) is 10.4. The van der Waals surface area contributed by atoms with Crippen LogP contribution in [0.3, 0.4) is 0 Å². The number of hydrogen-bond donors (Lipinski definition) is 1. The van der Waals surface area contributed by atoms with Crippen molar-refractivity contribution in [2.24, 2.45) is 0 Å². The summed E-state index contributed by atoms with van der Waals surface area (Å²) in [5.41, 5.74) is 0. The average Bonchev–Trinajstić information content (AvgIpc) is 2.43. The topological polar surface area (TPSA) is 63.6 Å². The standard InChI is InChI=1S/C14H14O4S/c1-18-9-13(14(15)16)19(17)12-7-6-10-4-2-3-5-11(10)8-12/h2-8,13H,9H2,1H3,(H,15,16). The van der Waals surface area contributed by atoms with Crippen LogP contribution in [-0.2, 0) is 20.3 Å². The molecule has 0 aromatic heterocycles. The minimum absolute atomic E-state index is 0.0746. The lowest BCUT2D eigenvalue weighted by Crippen LogP contribution is -2.30. The summed E-state index contributed by atoms with van der Waals surface area (Å²) in [6, 6.07) is 13.0. The molecule has 2 rings (SSSR count). The van der Waals surface area contributed by atoms with E-state index < -0.39 is 22.0 Å². The Balaban J connectivity index is 2.37. The molecule has 0 saturated carbocycles. The predicted octanol–water partition coefficient (Wildman–Crippen LogP) is 2.05. The molecule has 5 heteroatoms. The maximum absolute atomic E-state index is 12.3. The number of rotatable bonds is 5. The Kier molecular flexibility index (Phi) is 4.29. The summed E-state index contributed by atoms with van der Waals surface area (Å²) in [6.07, 6.45) is 0. The molecule has 2 aromatic carbocycles. The molecular formula is C14H14O4S. The lowest BCUT2D eigenvalue weighted by Gasteiger charge is -2.11. The Morgan fingerprint density at radius 3 is 2.58 bits per heavy atom. The minimum Gasteiger partial charge on any atom is -0.480 e. The molecule has 2 aromatic rings. The van der Waals surface area contributed by atoms with E-state index in [0.29, 0.717) is 4.90 Å². The van der Waals surface area contributed by atoms with Gasteiger partial charge in [0.25, 0.3) is 0 Å². The van der Waals surface area contributed by atoms with Gasteiger partial charge in [-0.1, -0.05) is 30.3 Å². The largest absolute Gasteiger partial charge is 0.480 e. The van der Waals surface area contributed by atoms with E-state index in [2.05, 4.69) is 0 Å². The van der Waals surface area contributed by atoms with Crippen LogP contribution in [0.2, 0.25) is 0 Å². The van der Waals surface area contributed by atoms with Gasteiger partial charge in [-0.3, -0.25) is 9.00 Å². The van der Waals surface area contributed by atoms with E-state index in [1.807, 2.05) is 30.3 Å². The van der Waals surface area contributed by atoms with E-state index in [1.165, 1.54) is 7.11 Å². The van der Waals surface area contributed by atoms with Crippen molar-refractivity contribution in [2.45, 2.75) is 10.1 Å². The van der Waals surface area contributed by atoms with Crippen LogP contribution in [0.1, 0.15) is 0 Å². The third kappa shape index (κ3) is 3.00. The van der Waals surface area contributed by atoms with Crippen molar-refractivity contribution in [1.82, 2.24) is 0 Å². The second-order valence-corrected chi connectivity index (χ2v) is 5.72. The fourth-order valence-electron chi connectivity index (χ4n) is 1.83. The molecule has 0 fully saturated rings. The summed E-state index contributed by atoms with van der Waals surface area (Å²) >= 11 is 0. The van der Waals surface area contributed by atoms with Crippen LogP contribution in [0.5, 0.6) is 0 Å². The molecule has 0 heterocycles.